The smallest absolute Gasteiger partial charge is 0.241 e. The van der Waals surface area contributed by atoms with Crippen molar-refractivity contribution in [3.63, 3.8) is 0 Å². The van der Waals surface area contributed by atoms with E-state index in [4.69, 9.17) is 9.84 Å². The maximum Gasteiger partial charge on any atom is 0.241 e. The molecule has 0 radical (unpaired) electrons. The van der Waals surface area contributed by atoms with Crippen LogP contribution in [-0.2, 0) is 21.4 Å². The van der Waals surface area contributed by atoms with E-state index in [0.29, 0.717) is 30.4 Å². The topological polar surface area (TPSA) is 116 Å². The summed E-state index contributed by atoms with van der Waals surface area (Å²) in [6.07, 6.45) is 1.75. The Morgan fingerprint density at radius 1 is 1.27 bits per heavy atom. The highest BCUT2D eigenvalue weighted by Crippen LogP contribution is 2.55. The van der Waals surface area contributed by atoms with Crippen LogP contribution in [0.1, 0.15) is 31.7 Å². The van der Waals surface area contributed by atoms with Crippen LogP contribution >= 0.6 is 0 Å². The molecule has 4 N–H and O–H groups in total. The lowest BCUT2D eigenvalue weighted by Crippen LogP contribution is -2.54. The van der Waals surface area contributed by atoms with Gasteiger partial charge in [0.05, 0.1) is 17.6 Å². The molecule has 1 saturated heterocycles. The van der Waals surface area contributed by atoms with Gasteiger partial charge < -0.3 is 20.1 Å². The fourth-order valence-electron chi connectivity index (χ4n) is 4.65. The van der Waals surface area contributed by atoms with Crippen LogP contribution in [-0.4, -0.2) is 47.3 Å². The van der Waals surface area contributed by atoms with Crippen molar-refractivity contribution in [2.24, 2.45) is 5.92 Å². The number of hydrogen-bond acceptors (Lipinski definition) is 6. The third-order valence-electron chi connectivity index (χ3n) is 5.84. The predicted molar refractivity (Wildman–Crippen MR) is 92.3 cm³/mol. The van der Waals surface area contributed by atoms with Gasteiger partial charge >= 0.3 is 0 Å². The van der Waals surface area contributed by atoms with Gasteiger partial charge in [-0.15, -0.1) is 0 Å². The first kappa shape index (κ1) is 18.1. The lowest BCUT2D eigenvalue weighted by molar-refractivity contribution is -0.0977. The van der Waals surface area contributed by atoms with Gasteiger partial charge in [-0.1, -0.05) is 18.2 Å². The standard InChI is InChI=1S/C18H23NO6S/c1-17(19-26(23,24)13-5-2-11(10-20)3-6-13)8-12-4-7-15-18(12,22)14(9-17)16(21)25-15/h2-3,5-6,9,12,15-16,19-22H,4,7-8,10H2,1H3/t12?,15-,16?,17-,18+/m1/s1. The average Bonchev–Trinajstić information content (AvgIpc) is 3.02. The van der Waals surface area contributed by atoms with Crippen LogP contribution < -0.4 is 4.72 Å². The summed E-state index contributed by atoms with van der Waals surface area (Å²) in [5.74, 6) is -0.172. The van der Waals surface area contributed by atoms with Crippen LogP contribution in [0.25, 0.3) is 0 Å². The van der Waals surface area contributed by atoms with Gasteiger partial charge in [0, 0.05) is 11.1 Å². The number of aliphatic hydroxyl groups is 3. The van der Waals surface area contributed by atoms with Gasteiger partial charge in [-0.25, -0.2) is 13.1 Å². The highest BCUT2D eigenvalue weighted by atomic mass is 32.2. The Balaban J connectivity index is 1.66. The van der Waals surface area contributed by atoms with Crippen LogP contribution in [0.4, 0.5) is 0 Å². The summed E-state index contributed by atoms with van der Waals surface area (Å²) >= 11 is 0. The third kappa shape index (κ3) is 2.64. The summed E-state index contributed by atoms with van der Waals surface area (Å²) in [5, 5.41) is 30.3. The minimum Gasteiger partial charge on any atom is -0.392 e. The number of benzene rings is 1. The van der Waals surface area contributed by atoms with E-state index < -0.39 is 33.6 Å². The molecular formula is C18H23NO6S. The van der Waals surface area contributed by atoms with Crippen LogP contribution in [0.3, 0.4) is 0 Å². The molecule has 142 valence electrons. The fraction of sp³-hybridized carbons (Fsp3) is 0.556. The van der Waals surface area contributed by atoms with E-state index in [9.17, 15) is 18.6 Å². The zero-order valence-corrected chi connectivity index (χ0v) is 15.2. The second kappa shape index (κ2) is 5.85. The molecular weight excluding hydrogens is 358 g/mol. The molecule has 2 fully saturated rings. The normalized spacial score (nSPS) is 38.9. The molecule has 0 amide bonds. The number of ether oxygens (including phenoxy) is 1. The van der Waals surface area contributed by atoms with Gasteiger partial charge in [0.1, 0.15) is 5.60 Å². The van der Waals surface area contributed by atoms with Crippen molar-refractivity contribution < 1.29 is 28.5 Å². The summed E-state index contributed by atoms with van der Waals surface area (Å²) in [6.45, 7) is 1.59. The van der Waals surface area contributed by atoms with Crippen molar-refractivity contribution in [3.8, 4) is 0 Å². The van der Waals surface area contributed by atoms with Crippen molar-refractivity contribution in [1.82, 2.24) is 4.72 Å². The number of sulfonamides is 1. The van der Waals surface area contributed by atoms with Crippen LogP contribution in [0, 0.1) is 5.92 Å². The summed E-state index contributed by atoms with van der Waals surface area (Å²) in [7, 11) is -3.81. The van der Waals surface area contributed by atoms with E-state index in [1.807, 2.05) is 0 Å². The van der Waals surface area contributed by atoms with Crippen molar-refractivity contribution in [1.29, 1.82) is 0 Å². The molecule has 2 aliphatic carbocycles. The minimum absolute atomic E-state index is 0.0997. The van der Waals surface area contributed by atoms with E-state index in [-0.39, 0.29) is 17.4 Å². The summed E-state index contributed by atoms with van der Waals surface area (Å²) < 4.78 is 33.8. The second-order valence-corrected chi connectivity index (χ2v) is 9.39. The molecule has 0 spiro atoms. The van der Waals surface area contributed by atoms with E-state index in [1.165, 1.54) is 12.1 Å². The molecule has 0 aromatic heterocycles. The molecule has 3 aliphatic rings. The molecule has 26 heavy (non-hydrogen) atoms. The number of nitrogens with one attached hydrogen (secondary N) is 1. The zero-order valence-electron chi connectivity index (χ0n) is 14.4. The number of hydrogen-bond donors (Lipinski definition) is 4. The quantitative estimate of drug-likeness (QED) is 0.561. The maximum absolute atomic E-state index is 12.8. The Kier molecular flexibility index (Phi) is 4.07. The monoisotopic (exact) mass is 381 g/mol. The van der Waals surface area contributed by atoms with E-state index in [2.05, 4.69) is 4.72 Å². The number of aliphatic hydroxyl groups excluding tert-OH is 2. The Morgan fingerprint density at radius 2 is 1.96 bits per heavy atom. The van der Waals surface area contributed by atoms with Crippen molar-refractivity contribution in [3.05, 3.63) is 41.5 Å². The van der Waals surface area contributed by atoms with Crippen LogP contribution in [0.2, 0.25) is 0 Å². The first-order chi connectivity index (χ1) is 12.2. The van der Waals surface area contributed by atoms with Crippen LogP contribution in [0.15, 0.2) is 40.8 Å². The Labute approximate surface area is 152 Å². The molecule has 7 nitrogen and oxygen atoms in total. The van der Waals surface area contributed by atoms with Crippen molar-refractivity contribution in [2.75, 3.05) is 0 Å². The highest BCUT2D eigenvalue weighted by molar-refractivity contribution is 7.89. The lowest BCUT2D eigenvalue weighted by atomic mass is 9.70. The zero-order chi connectivity index (χ0) is 18.7. The molecule has 2 unspecified atom stereocenters. The van der Waals surface area contributed by atoms with Gasteiger partial charge in [-0.3, -0.25) is 0 Å². The highest BCUT2D eigenvalue weighted by Gasteiger charge is 2.62. The summed E-state index contributed by atoms with van der Waals surface area (Å²) in [4.78, 5) is 0.0997. The first-order valence-corrected chi connectivity index (χ1v) is 10.2. The van der Waals surface area contributed by atoms with Crippen molar-refractivity contribution >= 4 is 10.0 Å². The molecule has 4 rings (SSSR count). The van der Waals surface area contributed by atoms with Gasteiger partial charge in [0.25, 0.3) is 0 Å². The molecule has 1 heterocycles. The Hall–Kier alpha value is -1.29. The molecule has 0 bridgehead atoms. The van der Waals surface area contributed by atoms with E-state index in [1.54, 1.807) is 25.1 Å². The maximum atomic E-state index is 12.8. The van der Waals surface area contributed by atoms with Gasteiger partial charge in [0.2, 0.25) is 10.0 Å². The lowest BCUT2D eigenvalue weighted by Gasteiger charge is -2.42. The van der Waals surface area contributed by atoms with Crippen LogP contribution in [0.5, 0.6) is 0 Å². The summed E-state index contributed by atoms with van der Waals surface area (Å²) in [6, 6.07) is 6.02. The van der Waals surface area contributed by atoms with Gasteiger partial charge in [-0.05, 0) is 49.8 Å². The SMILES string of the molecule is C[C@]1(NS(=O)(=O)c2ccc(CO)cc2)C=C2C(O)O[C@@H]3CCC(C1)[C@]23O. The molecule has 1 aromatic carbocycles. The van der Waals surface area contributed by atoms with E-state index >= 15 is 0 Å². The fourth-order valence-corrected chi connectivity index (χ4v) is 6.01. The molecule has 1 aliphatic heterocycles. The molecule has 1 aromatic rings. The summed E-state index contributed by atoms with van der Waals surface area (Å²) in [5.41, 5.74) is -1.16. The average molecular weight is 381 g/mol. The number of rotatable bonds is 4. The Morgan fingerprint density at radius 3 is 2.62 bits per heavy atom. The third-order valence-corrected chi connectivity index (χ3v) is 7.47. The van der Waals surface area contributed by atoms with Crippen molar-refractivity contribution in [2.45, 2.75) is 61.2 Å². The predicted octanol–water partition coefficient (Wildman–Crippen LogP) is 0.404. The Bertz CT molecular complexity index is 851. The molecule has 1 saturated carbocycles. The van der Waals surface area contributed by atoms with E-state index in [0.717, 1.165) is 0 Å². The molecule has 5 atom stereocenters. The molecule has 8 heteroatoms. The minimum atomic E-state index is -3.81. The largest absolute Gasteiger partial charge is 0.392 e. The second-order valence-electron chi connectivity index (χ2n) is 7.71. The first-order valence-electron chi connectivity index (χ1n) is 8.71. The van der Waals surface area contributed by atoms with Gasteiger partial charge in [-0.2, -0.15) is 0 Å². The van der Waals surface area contributed by atoms with Gasteiger partial charge in [0.15, 0.2) is 6.29 Å².